The Morgan fingerprint density at radius 2 is 1.86 bits per heavy atom. The van der Waals surface area contributed by atoms with Crippen molar-refractivity contribution in [3.8, 4) is 0 Å². The second kappa shape index (κ2) is 4.65. The molecule has 0 aliphatic rings. The zero-order chi connectivity index (χ0) is 10.6. The number of rotatable bonds is 2. The van der Waals surface area contributed by atoms with E-state index in [4.69, 9.17) is 4.74 Å². The Morgan fingerprint density at radius 1 is 1.29 bits per heavy atom. The van der Waals surface area contributed by atoms with Gasteiger partial charge in [0.2, 0.25) is 0 Å². The van der Waals surface area contributed by atoms with Crippen molar-refractivity contribution in [2.45, 2.75) is 20.8 Å². The van der Waals surface area contributed by atoms with E-state index in [0.717, 1.165) is 16.8 Å². The minimum atomic E-state index is -0.405. The van der Waals surface area contributed by atoms with Crippen molar-refractivity contribution in [3.63, 3.8) is 0 Å². The van der Waals surface area contributed by atoms with Gasteiger partial charge in [0.25, 0.3) is 0 Å². The molecule has 1 amide bonds. The highest BCUT2D eigenvalue weighted by molar-refractivity contribution is 5.84. The third-order valence-corrected chi connectivity index (χ3v) is 1.74. The number of carbonyl (C=O) groups excluding carboxylic acids is 1. The summed E-state index contributed by atoms with van der Waals surface area (Å²) in [5.41, 5.74) is 3.02. The second-order valence-corrected chi connectivity index (χ2v) is 3.22. The van der Waals surface area contributed by atoms with E-state index in [0.29, 0.717) is 6.61 Å². The van der Waals surface area contributed by atoms with Crippen LogP contribution in [0, 0.1) is 13.8 Å². The standard InChI is InChI=1S/C11H15NO2/c1-4-14-11(13)12-10-6-8(2)5-9(3)7-10/h5-7H,4H2,1-3H3,(H,12,13). The molecule has 1 rings (SSSR count). The van der Waals surface area contributed by atoms with E-state index >= 15 is 0 Å². The number of hydrogen-bond donors (Lipinski definition) is 1. The quantitative estimate of drug-likeness (QED) is 0.784. The third kappa shape index (κ3) is 3.09. The zero-order valence-corrected chi connectivity index (χ0v) is 8.76. The molecule has 3 nitrogen and oxygen atoms in total. The first-order valence-electron chi connectivity index (χ1n) is 4.64. The summed E-state index contributed by atoms with van der Waals surface area (Å²) in [6, 6.07) is 5.87. The molecule has 0 aliphatic heterocycles. The van der Waals surface area contributed by atoms with E-state index < -0.39 is 6.09 Å². The molecule has 1 aromatic carbocycles. The Hall–Kier alpha value is -1.51. The molecule has 0 saturated carbocycles. The van der Waals surface area contributed by atoms with Crippen LogP contribution in [0.4, 0.5) is 10.5 Å². The van der Waals surface area contributed by atoms with Gasteiger partial charge in [-0.15, -0.1) is 0 Å². The Bertz CT molecular complexity index is 314. The average molecular weight is 193 g/mol. The van der Waals surface area contributed by atoms with Crippen LogP contribution in [0.3, 0.4) is 0 Å². The zero-order valence-electron chi connectivity index (χ0n) is 8.76. The van der Waals surface area contributed by atoms with Gasteiger partial charge in [-0.3, -0.25) is 5.32 Å². The van der Waals surface area contributed by atoms with Gasteiger partial charge in [-0.25, -0.2) is 4.79 Å². The van der Waals surface area contributed by atoms with Gasteiger partial charge in [-0.05, 0) is 44.0 Å². The van der Waals surface area contributed by atoms with Gasteiger partial charge in [0.05, 0.1) is 6.61 Å². The molecule has 1 N–H and O–H groups in total. The molecular formula is C11H15NO2. The first kappa shape index (κ1) is 10.6. The van der Waals surface area contributed by atoms with Crippen LogP contribution in [0.1, 0.15) is 18.1 Å². The Labute approximate surface area is 84.1 Å². The molecule has 0 atom stereocenters. The Kier molecular flexibility index (Phi) is 3.51. The third-order valence-electron chi connectivity index (χ3n) is 1.74. The van der Waals surface area contributed by atoms with Gasteiger partial charge >= 0.3 is 6.09 Å². The highest BCUT2D eigenvalue weighted by Gasteiger charge is 2.02. The predicted octanol–water partition coefficient (Wildman–Crippen LogP) is 2.87. The number of hydrogen-bond acceptors (Lipinski definition) is 2. The summed E-state index contributed by atoms with van der Waals surface area (Å²) >= 11 is 0. The van der Waals surface area contributed by atoms with Crippen molar-refractivity contribution in [2.24, 2.45) is 0 Å². The predicted molar refractivity (Wildman–Crippen MR) is 56.6 cm³/mol. The van der Waals surface area contributed by atoms with Crippen LogP contribution in [0.5, 0.6) is 0 Å². The lowest BCUT2D eigenvalue weighted by atomic mass is 10.1. The van der Waals surface area contributed by atoms with Gasteiger partial charge in [-0.1, -0.05) is 6.07 Å². The van der Waals surface area contributed by atoms with Crippen molar-refractivity contribution in [1.29, 1.82) is 0 Å². The molecular weight excluding hydrogens is 178 g/mol. The fourth-order valence-electron chi connectivity index (χ4n) is 1.33. The fourth-order valence-corrected chi connectivity index (χ4v) is 1.33. The lowest BCUT2D eigenvalue weighted by molar-refractivity contribution is 0.168. The molecule has 0 fully saturated rings. The van der Waals surface area contributed by atoms with E-state index in [-0.39, 0.29) is 0 Å². The highest BCUT2D eigenvalue weighted by Crippen LogP contribution is 2.13. The summed E-state index contributed by atoms with van der Waals surface area (Å²) in [5.74, 6) is 0. The molecule has 3 heteroatoms. The molecule has 0 bridgehead atoms. The number of benzene rings is 1. The molecule has 0 heterocycles. The van der Waals surface area contributed by atoms with Crippen LogP contribution in [0.2, 0.25) is 0 Å². The van der Waals surface area contributed by atoms with E-state index in [2.05, 4.69) is 11.4 Å². The first-order chi connectivity index (χ1) is 6.61. The van der Waals surface area contributed by atoms with Gasteiger partial charge in [-0.2, -0.15) is 0 Å². The van der Waals surface area contributed by atoms with Crippen molar-refractivity contribution in [1.82, 2.24) is 0 Å². The Balaban J connectivity index is 2.71. The number of ether oxygens (including phenoxy) is 1. The maximum Gasteiger partial charge on any atom is 0.411 e. The largest absolute Gasteiger partial charge is 0.450 e. The molecule has 0 aromatic heterocycles. The molecule has 0 unspecified atom stereocenters. The smallest absolute Gasteiger partial charge is 0.411 e. The maximum absolute atomic E-state index is 11.1. The van der Waals surface area contributed by atoms with Gasteiger partial charge in [0.15, 0.2) is 0 Å². The molecule has 1 aromatic rings. The monoisotopic (exact) mass is 193 g/mol. The van der Waals surface area contributed by atoms with Crippen LogP contribution in [-0.2, 0) is 4.74 Å². The van der Waals surface area contributed by atoms with E-state index in [1.54, 1.807) is 6.92 Å². The van der Waals surface area contributed by atoms with E-state index in [1.807, 2.05) is 26.0 Å². The summed E-state index contributed by atoms with van der Waals surface area (Å²) in [6.07, 6.45) is -0.405. The molecule has 0 saturated heterocycles. The molecule has 0 aliphatic carbocycles. The average Bonchev–Trinajstić information content (AvgIpc) is 2.01. The molecule has 0 spiro atoms. The Morgan fingerprint density at radius 3 is 2.36 bits per heavy atom. The van der Waals surface area contributed by atoms with Gasteiger partial charge in [0.1, 0.15) is 0 Å². The van der Waals surface area contributed by atoms with Gasteiger partial charge in [0, 0.05) is 5.69 Å². The molecule has 14 heavy (non-hydrogen) atoms. The second-order valence-electron chi connectivity index (χ2n) is 3.22. The highest BCUT2D eigenvalue weighted by atomic mass is 16.5. The lowest BCUT2D eigenvalue weighted by Crippen LogP contribution is -2.13. The lowest BCUT2D eigenvalue weighted by Gasteiger charge is -2.06. The van der Waals surface area contributed by atoms with Crippen LogP contribution in [-0.4, -0.2) is 12.7 Å². The minimum absolute atomic E-state index is 0.386. The van der Waals surface area contributed by atoms with Crippen LogP contribution >= 0.6 is 0 Å². The van der Waals surface area contributed by atoms with Crippen molar-refractivity contribution in [2.75, 3.05) is 11.9 Å². The number of aryl methyl sites for hydroxylation is 2. The number of carbonyl (C=O) groups is 1. The first-order valence-corrected chi connectivity index (χ1v) is 4.64. The summed E-state index contributed by atoms with van der Waals surface area (Å²) in [7, 11) is 0. The van der Waals surface area contributed by atoms with Crippen molar-refractivity contribution < 1.29 is 9.53 Å². The van der Waals surface area contributed by atoms with E-state index in [9.17, 15) is 4.79 Å². The summed E-state index contributed by atoms with van der Waals surface area (Å²) < 4.78 is 4.78. The minimum Gasteiger partial charge on any atom is -0.450 e. The van der Waals surface area contributed by atoms with Crippen molar-refractivity contribution >= 4 is 11.8 Å². The van der Waals surface area contributed by atoms with E-state index in [1.165, 1.54) is 0 Å². The van der Waals surface area contributed by atoms with Crippen LogP contribution in [0.25, 0.3) is 0 Å². The maximum atomic E-state index is 11.1. The number of nitrogens with one attached hydrogen (secondary N) is 1. The number of amides is 1. The topological polar surface area (TPSA) is 38.3 Å². The van der Waals surface area contributed by atoms with Crippen LogP contribution in [0.15, 0.2) is 18.2 Å². The van der Waals surface area contributed by atoms with Crippen LogP contribution < -0.4 is 5.32 Å². The molecule has 0 radical (unpaired) electrons. The SMILES string of the molecule is CCOC(=O)Nc1cc(C)cc(C)c1. The normalized spacial score (nSPS) is 9.64. The van der Waals surface area contributed by atoms with Gasteiger partial charge < -0.3 is 4.74 Å². The number of anilines is 1. The van der Waals surface area contributed by atoms with Crippen molar-refractivity contribution in [3.05, 3.63) is 29.3 Å². The summed E-state index contributed by atoms with van der Waals surface area (Å²) in [5, 5.41) is 2.66. The fraction of sp³-hybridized carbons (Fsp3) is 0.364. The summed E-state index contributed by atoms with van der Waals surface area (Å²) in [6.45, 7) is 6.14. The molecule has 76 valence electrons. The summed E-state index contributed by atoms with van der Waals surface area (Å²) in [4.78, 5) is 11.1.